The summed E-state index contributed by atoms with van der Waals surface area (Å²) < 4.78 is 10.6. The standard InChI is InChI=1S/C12H19N3O2/c1-13-7-11-9-17-12(14-11)15-5-3-10(4-6-15)8-16-2/h3,9,13H,4-8H2,1-2H3. The second-order valence-electron chi connectivity index (χ2n) is 4.14. The highest BCUT2D eigenvalue weighted by Gasteiger charge is 2.16. The average Bonchev–Trinajstić information content (AvgIpc) is 2.80. The normalized spacial score (nSPS) is 16.1. The molecular formula is C12H19N3O2. The van der Waals surface area contributed by atoms with Crippen molar-refractivity contribution < 1.29 is 9.15 Å². The molecule has 0 aliphatic carbocycles. The highest BCUT2D eigenvalue weighted by molar-refractivity contribution is 5.32. The van der Waals surface area contributed by atoms with E-state index >= 15 is 0 Å². The Morgan fingerprint density at radius 3 is 3.12 bits per heavy atom. The second kappa shape index (κ2) is 5.84. The summed E-state index contributed by atoms with van der Waals surface area (Å²) in [5.41, 5.74) is 2.29. The van der Waals surface area contributed by atoms with E-state index in [-0.39, 0.29) is 0 Å². The van der Waals surface area contributed by atoms with E-state index in [1.54, 1.807) is 13.4 Å². The molecule has 0 radical (unpaired) electrons. The van der Waals surface area contributed by atoms with E-state index in [9.17, 15) is 0 Å². The molecule has 0 saturated carbocycles. The molecule has 94 valence electrons. The number of ether oxygens (including phenoxy) is 1. The van der Waals surface area contributed by atoms with Crippen LogP contribution in [0.5, 0.6) is 0 Å². The molecule has 0 fully saturated rings. The summed E-state index contributed by atoms with van der Waals surface area (Å²) in [6.45, 7) is 3.25. The molecule has 5 heteroatoms. The van der Waals surface area contributed by atoms with E-state index in [0.29, 0.717) is 6.01 Å². The number of nitrogens with one attached hydrogen (secondary N) is 1. The van der Waals surface area contributed by atoms with E-state index in [1.165, 1.54) is 5.57 Å². The molecule has 0 amide bonds. The Balaban J connectivity index is 1.95. The zero-order valence-electron chi connectivity index (χ0n) is 10.4. The Hall–Kier alpha value is -1.33. The van der Waals surface area contributed by atoms with Crippen LogP contribution in [0, 0.1) is 0 Å². The Morgan fingerprint density at radius 1 is 1.59 bits per heavy atom. The first-order valence-corrected chi connectivity index (χ1v) is 5.84. The van der Waals surface area contributed by atoms with E-state index in [1.807, 2.05) is 7.05 Å². The van der Waals surface area contributed by atoms with Crippen LogP contribution in [0.2, 0.25) is 0 Å². The van der Waals surface area contributed by atoms with E-state index in [2.05, 4.69) is 21.3 Å². The van der Waals surface area contributed by atoms with Gasteiger partial charge in [-0.25, -0.2) is 0 Å². The maximum Gasteiger partial charge on any atom is 0.297 e. The quantitative estimate of drug-likeness (QED) is 0.779. The van der Waals surface area contributed by atoms with Crippen molar-refractivity contribution in [2.24, 2.45) is 0 Å². The van der Waals surface area contributed by atoms with Crippen molar-refractivity contribution in [3.8, 4) is 0 Å². The summed E-state index contributed by atoms with van der Waals surface area (Å²) in [6, 6.07) is 0.711. The molecule has 17 heavy (non-hydrogen) atoms. The molecule has 1 aromatic rings. The van der Waals surface area contributed by atoms with Crippen LogP contribution in [0.4, 0.5) is 6.01 Å². The summed E-state index contributed by atoms with van der Waals surface area (Å²) in [4.78, 5) is 6.57. The van der Waals surface area contributed by atoms with Gasteiger partial charge in [-0.05, 0) is 19.0 Å². The minimum absolute atomic E-state index is 0.711. The van der Waals surface area contributed by atoms with Gasteiger partial charge in [-0.15, -0.1) is 0 Å². The van der Waals surface area contributed by atoms with Crippen molar-refractivity contribution in [2.75, 3.05) is 38.8 Å². The molecule has 0 atom stereocenters. The first-order chi connectivity index (χ1) is 8.33. The van der Waals surface area contributed by atoms with Crippen molar-refractivity contribution in [1.29, 1.82) is 0 Å². The number of nitrogens with zero attached hydrogens (tertiary/aromatic N) is 2. The molecule has 0 saturated heterocycles. The van der Waals surface area contributed by atoms with Gasteiger partial charge in [-0.2, -0.15) is 4.98 Å². The van der Waals surface area contributed by atoms with E-state index in [4.69, 9.17) is 9.15 Å². The molecule has 0 bridgehead atoms. The zero-order chi connectivity index (χ0) is 12.1. The summed E-state index contributed by atoms with van der Waals surface area (Å²) in [5, 5.41) is 3.05. The second-order valence-corrected chi connectivity index (χ2v) is 4.14. The fourth-order valence-electron chi connectivity index (χ4n) is 1.91. The molecule has 2 rings (SSSR count). The van der Waals surface area contributed by atoms with Crippen LogP contribution >= 0.6 is 0 Å². The average molecular weight is 237 g/mol. The maximum atomic E-state index is 5.47. The van der Waals surface area contributed by atoms with Gasteiger partial charge < -0.3 is 19.4 Å². The molecular weight excluding hydrogens is 218 g/mol. The van der Waals surface area contributed by atoms with Crippen molar-refractivity contribution in [2.45, 2.75) is 13.0 Å². The van der Waals surface area contributed by atoms with Crippen LogP contribution in [0.15, 0.2) is 22.3 Å². The lowest BCUT2D eigenvalue weighted by Crippen LogP contribution is -2.29. The fourth-order valence-corrected chi connectivity index (χ4v) is 1.91. The molecule has 0 unspecified atom stereocenters. The Kier molecular flexibility index (Phi) is 4.17. The van der Waals surface area contributed by atoms with Crippen molar-refractivity contribution in [3.05, 3.63) is 23.6 Å². The Bertz CT molecular complexity index is 387. The molecule has 1 N–H and O–H groups in total. The number of anilines is 1. The Labute approximate surface area is 101 Å². The number of rotatable bonds is 5. The largest absolute Gasteiger partial charge is 0.432 e. The first-order valence-electron chi connectivity index (χ1n) is 5.84. The van der Waals surface area contributed by atoms with Crippen LogP contribution < -0.4 is 10.2 Å². The fraction of sp³-hybridized carbons (Fsp3) is 0.583. The molecule has 1 aliphatic heterocycles. The van der Waals surface area contributed by atoms with Gasteiger partial charge in [-0.1, -0.05) is 6.08 Å². The summed E-state index contributed by atoms with van der Waals surface area (Å²) >= 11 is 0. The lowest BCUT2D eigenvalue weighted by molar-refractivity contribution is 0.222. The number of aromatic nitrogens is 1. The summed E-state index contributed by atoms with van der Waals surface area (Å²) in [7, 11) is 3.63. The number of oxazole rings is 1. The Morgan fingerprint density at radius 2 is 2.47 bits per heavy atom. The summed E-state index contributed by atoms with van der Waals surface area (Å²) in [5.74, 6) is 0. The molecule has 1 aliphatic rings. The number of hydrogen-bond acceptors (Lipinski definition) is 5. The minimum Gasteiger partial charge on any atom is -0.432 e. The van der Waals surface area contributed by atoms with E-state index < -0.39 is 0 Å². The van der Waals surface area contributed by atoms with Gasteiger partial charge in [0.05, 0.1) is 12.3 Å². The van der Waals surface area contributed by atoms with Crippen LogP contribution in [-0.2, 0) is 11.3 Å². The summed E-state index contributed by atoms with van der Waals surface area (Å²) in [6.07, 6.45) is 4.91. The number of methoxy groups -OCH3 is 1. The van der Waals surface area contributed by atoms with Crippen LogP contribution in [0.3, 0.4) is 0 Å². The van der Waals surface area contributed by atoms with Gasteiger partial charge in [0.1, 0.15) is 6.26 Å². The molecule has 0 aromatic carbocycles. The molecule has 5 nitrogen and oxygen atoms in total. The lowest BCUT2D eigenvalue weighted by Gasteiger charge is -2.24. The van der Waals surface area contributed by atoms with Gasteiger partial charge in [0.25, 0.3) is 6.01 Å². The molecule has 0 spiro atoms. The van der Waals surface area contributed by atoms with Crippen LogP contribution in [0.25, 0.3) is 0 Å². The maximum absolute atomic E-state index is 5.47. The SMILES string of the molecule is CNCc1coc(N2CC=C(COC)CC2)n1. The third-order valence-electron chi connectivity index (χ3n) is 2.80. The predicted octanol–water partition coefficient (Wildman–Crippen LogP) is 1.18. The van der Waals surface area contributed by atoms with E-state index in [0.717, 1.165) is 38.4 Å². The van der Waals surface area contributed by atoms with Gasteiger partial charge in [0.2, 0.25) is 0 Å². The van der Waals surface area contributed by atoms with Crippen molar-refractivity contribution >= 4 is 6.01 Å². The minimum atomic E-state index is 0.711. The third kappa shape index (κ3) is 3.08. The van der Waals surface area contributed by atoms with Gasteiger partial charge in [0.15, 0.2) is 0 Å². The predicted molar refractivity (Wildman–Crippen MR) is 66.1 cm³/mol. The zero-order valence-corrected chi connectivity index (χ0v) is 10.4. The lowest BCUT2D eigenvalue weighted by atomic mass is 10.1. The highest BCUT2D eigenvalue weighted by Crippen LogP contribution is 2.19. The highest BCUT2D eigenvalue weighted by atomic mass is 16.5. The topological polar surface area (TPSA) is 50.5 Å². The molecule has 2 heterocycles. The van der Waals surface area contributed by atoms with Gasteiger partial charge >= 0.3 is 0 Å². The number of hydrogen-bond donors (Lipinski definition) is 1. The smallest absolute Gasteiger partial charge is 0.297 e. The first kappa shape index (κ1) is 12.1. The molecule has 1 aromatic heterocycles. The van der Waals surface area contributed by atoms with Crippen molar-refractivity contribution in [1.82, 2.24) is 10.3 Å². The van der Waals surface area contributed by atoms with Crippen molar-refractivity contribution in [3.63, 3.8) is 0 Å². The van der Waals surface area contributed by atoms with Crippen LogP contribution in [0.1, 0.15) is 12.1 Å². The van der Waals surface area contributed by atoms with Gasteiger partial charge in [-0.3, -0.25) is 0 Å². The third-order valence-corrected chi connectivity index (χ3v) is 2.80. The monoisotopic (exact) mass is 237 g/mol. The van der Waals surface area contributed by atoms with Gasteiger partial charge in [0, 0.05) is 26.7 Å². The van der Waals surface area contributed by atoms with Crippen LogP contribution in [-0.4, -0.2) is 38.8 Å².